The van der Waals surface area contributed by atoms with E-state index in [9.17, 15) is 14.4 Å². The summed E-state index contributed by atoms with van der Waals surface area (Å²) >= 11 is 0. The molecule has 3 amide bonds. The van der Waals surface area contributed by atoms with E-state index in [-0.39, 0.29) is 5.56 Å². The van der Waals surface area contributed by atoms with Gasteiger partial charge in [-0.25, -0.2) is 9.59 Å². The van der Waals surface area contributed by atoms with E-state index in [0.717, 1.165) is 12.8 Å². The highest BCUT2D eigenvalue weighted by Gasteiger charge is 2.30. The maximum absolute atomic E-state index is 12.2. The first-order chi connectivity index (χ1) is 9.99. The fraction of sp³-hybridized carbons (Fsp3) is 0.357. The maximum Gasteiger partial charge on any atom is 0.335 e. The minimum Gasteiger partial charge on any atom is -0.478 e. The molecule has 1 aliphatic rings. The Hall–Kier alpha value is -2.57. The molecule has 0 bridgehead atoms. The monoisotopic (exact) mass is 291 g/mol. The number of carboxylic acid groups (broad SMARTS) is 1. The zero-order valence-electron chi connectivity index (χ0n) is 11.4. The number of piperidine rings is 1. The molecule has 112 valence electrons. The maximum atomic E-state index is 12.2. The molecule has 0 aromatic heterocycles. The summed E-state index contributed by atoms with van der Waals surface area (Å²) in [6, 6.07) is 4.88. The van der Waals surface area contributed by atoms with Gasteiger partial charge in [-0.1, -0.05) is 6.07 Å². The number of carbonyl (C=O) groups is 3. The van der Waals surface area contributed by atoms with Gasteiger partial charge in [0.05, 0.1) is 5.56 Å². The number of nitrogens with two attached hydrogens (primary N) is 1. The second kappa shape index (κ2) is 6.25. The zero-order chi connectivity index (χ0) is 15.4. The summed E-state index contributed by atoms with van der Waals surface area (Å²) in [4.78, 5) is 35.9. The molecular formula is C14H17N3O4. The summed E-state index contributed by atoms with van der Waals surface area (Å²) in [5.74, 6) is -1.59. The van der Waals surface area contributed by atoms with Crippen molar-refractivity contribution in [3.05, 3.63) is 29.8 Å². The van der Waals surface area contributed by atoms with Crippen LogP contribution in [0.5, 0.6) is 0 Å². The average Bonchev–Trinajstić information content (AvgIpc) is 2.47. The van der Waals surface area contributed by atoms with Gasteiger partial charge in [-0.3, -0.25) is 4.79 Å². The number of rotatable bonds is 3. The second-order valence-electron chi connectivity index (χ2n) is 4.92. The summed E-state index contributed by atoms with van der Waals surface area (Å²) in [5.41, 5.74) is 5.76. The molecule has 21 heavy (non-hydrogen) atoms. The molecule has 4 N–H and O–H groups in total. The Labute approximate surface area is 121 Å². The molecule has 1 unspecified atom stereocenters. The first kappa shape index (κ1) is 14.8. The Morgan fingerprint density at radius 3 is 2.71 bits per heavy atom. The zero-order valence-corrected chi connectivity index (χ0v) is 11.4. The number of benzene rings is 1. The molecule has 0 radical (unpaired) electrons. The average molecular weight is 291 g/mol. The Morgan fingerprint density at radius 1 is 1.29 bits per heavy atom. The number of nitrogens with zero attached hydrogens (tertiary/aromatic N) is 1. The van der Waals surface area contributed by atoms with Crippen LogP contribution in [-0.4, -0.2) is 40.5 Å². The number of anilines is 1. The number of amides is 3. The van der Waals surface area contributed by atoms with Crippen molar-refractivity contribution in [3.63, 3.8) is 0 Å². The van der Waals surface area contributed by atoms with Crippen LogP contribution in [0.4, 0.5) is 10.5 Å². The van der Waals surface area contributed by atoms with Crippen molar-refractivity contribution < 1.29 is 19.5 Å². The number of hydrogen-bond acceptors (Lipinski definition) is 3. The smallest absolute Gasteiger partial charge is 0.335 e. The van der Waals surface area contributed by atoms with Crippen molar-refractivity contribution in [2.75, 3.05) is 11.9 Å². The number of hydrogen-bond donors (Lipinski definition) is 3. The molecule has 0 saturated carbocycles. The van der Waals surface area contributed by atoms with E-state index in [1.54, 1.807) is 12.1 Å². The Balaban J connectivity index is 2.11. The fourth-order valence-corrected chi connectivity index (χ4v) is 2.40. The van der Waals surface area contributed by atoms with Crippen LogP contribution in [0.2, 0.25) is 0 Å². The summed E-state index contributed by atoms with van der Waals surface area (Å²) in [5, 5.41) is 11.5. The molecule has 1 saturated heterocycles. The number of nitrogens with one attached hydrogen (secondary N) is 1. The molecule has 1 atom stereocenters. The summed E-state index contributed by atoms with van der Waals surface area (Å²) in [6.45, 7) is 0.456. The SMILES string of the molecule is NC(=O)C1CCCCN1C(=O)Nc1cccc(C(=O)O)c1. The van der Waals surface area contributed by atoms with Gasteiger partial charge in [-0.05, 0) is 37.5 Å². The highest BCUT2D eigenvalue weighted by atomic mass is 16.4. The van der Waals surface area contributed by atoms with E-state index < -0.39 is 23.9 Å². The van der Waals surface area contributed by atoms with E-state index in [2.05, 4.69) is 5.32 Å². The van der Waals surface area contributed by atoms with Gasteiger partial charge in [0, 0.05) is 12.2 Å². The Morgan fingerprint density at radius 2 is 2.05 bits per heavy atom. The fourth-order valence-electron chi connectivity index (χ4n) is 2.40. The van der Waals surface area contributed by atoms with Crippen LogP contribution in [0.15, 0.2) is 24.3 Å². The first-order valence-electron chi connectivity index (χ1n) is 6.69. The van der Waals surface area contributed by atoms with Crippen molar-refractivity contribution in [1.82, 2.24) is 4.90 Å². The van der Waals surface area contributed by atoms with Crippen LogP contribution in [0, 0.1) is 0 Å². The molecule has 1 heterocycles. The van der Waals surface area contributed by atoms with E-state index >= 15 is 0 Å². The topological polar surface area (TPSA) is 113 Å². The van der Waals surface area contributed by atoms with E-state index in [1.165, 1.54) is 17.0 Å². The molecule has 0 aliphatic carbocycles. The van der Waals surface area contributed by atoms with Gasteiger partial charge >= 0.3 is 12.0 Å². The first-order valence-corrected chi connectivity index (χ1v) is 6.69. The standard InChI is InChI=1S/C14H17N3O4/c15-12(18)11-6-1-2-7-17(11)14(21)16-10-5-3-4-9(8-10)13(19)20/h3-5,8,11H,1-2,6-7H2,(H2,15,18)(H,16,21)(H,19,20). The highest BCUT2D eigenvalue weighted by Crippen LogP contribution is 2.19. The molecule has 7 heteroatoms. The Kier molecular flexibility index (Phi) is 4.42. The summed E-state index contributed by atoms with van der Waals surface area (Å²) in [7, 11) is 0. The van der Waals surface area contributed by atoms with Crippen molar-refractivity contribution in [2.24, 2.45) is 5.73 Å². The summed E-state index contributed by atoms with van der Waals surface area (Å²) < 4.78 is 0. The van der Waals surface area contributed by atoms with E-state index in [1.807, 2.05) is 0 Å². The molecule has 7 nitrogen and oxygen atoms in total. The minimum atomic E-state index is -1.07. The predicted octanol–water partition coefficient (Wildman–Crippen LogP) is 1.26. The molecule has 0 spiro atoms. The predicted molar refractivity (Wildman–Crippen MR) is 76.0 cm³/mol. The van der Waals surface area contributed by atoms with Gasteiger partial charge in [0.2, 0.25) is 5.91 Å². The molecule has 1 aromatic rings. The second-order valence-corrected chi connectivity index (χ2v) is 4.92. The minimum absolute atomic E-state index is 0.0814. The Bertz CT molecular complexity index is 573. The summed E-state index contributed by atoms with van der Waals surface area (Å²) in [6.07, 6.45) is 2.22. The van der Waals surface area contributed by atoms with Gasteiger partial charge in [0.15, 0.2) is 0 Å². The lowest BCUT2D eigenvalue weighted by Gasteiger charge is -2.33. The van der Waals surface area contributed by atoms with Crippen LogP contribution in [0.3, 0.4) is 0 Å². The largest absolute Gasteiger partial charge is 0.478 e. The number of primary amides is 1. The van der Waals surface area contributed by atoms with Crippen molar-refractivity contribution in [1.29, 1.82) is 0 Å². The van der Waals surface area contributed by atoms with Gasteiger partial charge in [0.25, 0.3) is 0 Å². The molecule has 1 fully saturated rings. The third kappa shape index (κ3) is 3.50. The lowest BCUT2D eigenvalue weighted by atomic mass is 10.0. The quantitative estimate of drug-likeness (QED) is 0.778. The molecule has 2 rings (SSSR count). The third-order valence-electron chi connectivity index (χ3n) is 3.45. The number of urea groups is 1. The van der Waals surface area contributed by atoms with Crippen LogP contribution < -0.4 is 11.1 Å². The van der Waals surface area contributed by atoms with Gasteiger partial charge in [-0.15, -0.1) is 0 Å². The van der Waals surface area contributed by atoms with Crippen LogP contribution >= 0.6 is 0 Å². The molecule has 1 aromatic carbocycles. The third-order valence-corrected chi connectivity index (χ3v) is 3.45. The van der Waals surface area contributed by atoms with E-state index in [0.29, 0.717) is 18.7 Å². The highest BCUT2D eigenvalue weighted by molar-refractivity contribution is 5.95. The lowest BCUT2D eigenvalue weighted by molar-refractivity contribution is -0.123. The molecule has 1 aliphatic heterocycles. The van der Waals surface area contributed by atoms with Crippen molar-refractivity contribution >= 4 is 23.6 Å². The number of carbonyl (C=O) groups excluding carboxylic acids is 2. The van der Waals surface area contributed by atoms with Gasteiger partial charge in [-0.2, -0.15) is 0 Å². The normalized spacial score (nSPS) is 18.1. The van der Waals surface area contributed by atoms with E-state index in [4.69, 9.17) is 10.8 Å². The van der Waals surface area contributed by atoms with Crippen molar-refractivity contribution in [3.8, 4) is 0 Å². The van der Waals surface area contributed by atoms with Gasteiger partial charge < -0.3 is 21.1 Å². The van der Waals surface area contributed by atoms with Crippen LogP contribution in [-0.2, 0) is 4.79 Å². The number of likely N-dealkylation sites (tertiary alicyclic amines) is 1. The molecular weight excluding hydrogens is 274 g/mol. The van der Waals surface area contributed by atoms with Crippen molar-refractivity contribution in [2.45, 2.75) is 25.3 Å². The number of carboxylic acids is 1. The lowest BCUT2D eigenvalue weighted by Crippen LogP contribution is -2.51. The van der Waals surface area contributed by atoms with Gasteiger partial charge in [0.1, 0.15) is 6.04 Å². The van der Waals surface area contributed by atoms with Crippen LogP contribution in [0.1, 0.15) is 29.6 Å². The van der Waals surface area contributed by atoms with Crippen LogP contribution in [0.25, 0.3) is 0 Å². The number of aromatic carboxylic acids is 1.